The van der Waals surface area contributed by atoms with E-state index in [0.29, 0.717) is 18.8 Å². The van der Waals surface area contributed by atoms with Gasteiger partial charge in [0.1, 0.15) is 0 Å². The molecule has 1 aliphatic rings. The van der Waals surface area contributed by atoms with Crippen LogP contribution in [0.25, 0.3) is 0 Å². The number of nitrogens with zero attached hydrogens (tertiary/aromatic N) is 2. The Morgan fingerprint density at radius 3 is 2.67 bits per heavy atom. The summed E-state index contributed by atoms with van der Waals surface area (Å²) in [5.41, 5.74) is 1.05. The van der Waals surface area contributed by atoms with Crippen molar-refractivity contribution in [1.29, 1.82) is 0 Å². The molecule has 0 unspecified atom stereocenters. The molecule has 0 radical (unpaired) electrons. The number of carbonyl (C=O) groups excluding carboxylic acids is 1. The van der Waals surface area contributed by atoms with Gasteiger partial charge < -0.3 is 0 Å². The molecule has 1 saturated heterocycles. The molecular formula is C11H13ClN2O. The average Bonchev–Trinajstić information content (AvgIpc) is 2.63. The van der Waals surface area contributed by atoms with E-state index in [9.17, 15) is 4.79 Å². The molecule has 1 aliphatic heterocycles. The Morgan fingerprint density at radius 1 is 1.27 bits per heavy atom. The van der Waals surface area contributed by atoms with Gasteiger partial charge in [0.2, 0.25) is 5.91 Å². The Bertz CT molecular complexity index is 342. The maximum Gasteiger partial charge on any atom is 0.242 e. The van der Waals surface area contributed by atoms with E-state index in [0.717, 1.165) is 12.2 Å². The number of anilines is 1. The Morgan fingerprint density at radius 2 is 2.00 bits per heavy atom. The summed E-state index contributed by atoms with van der Waals surface area (Å²) in [5, 5.41) is 3.72. The van der Waals surface area contributed by atoms with Crippen LogP contribution in [0.4, 0.5) is 5.69 Å². The Labute approximate surface area is 94.2 Å². The third kappa shape index (κ3) is 2.07. The fourth-order valence-electron chi connectivity index (χ4n) is 1.78. The van der Waals surface area contributed by atoms with E-state index < -0.39 is 0 Å². The van der Waals surface area contributed by atoms with Crippen molar-refractivity contribution in [2.24, 2.45) is 0 Å². The maximum absolute atomic E-state index is 11.6. The number of carbonyl (C=O) groups is 1. The summed E-state index contributed by atoms with van der Waals surface area (Å²) < 4.78 is 0. The third-order valence-corrected chi connectivity index (χ3v) is 2.64. The number of rotatable bonds is 3. The van der Waals surface area contributed by atoms with Crippen molar-refractivity contribution in [3.63, 3.8) is 0 Å². The molecule has 0 aliphatic carbocycles. The van der Waals surface area contributed by atoms with Gasteiger partial charge in [-0.2, -0.15) is 0 Å². The van der Waals surface area contributed by atoms with Gasteiger partial charge in [-0.05, 0) is 12.1 Å². The van der Waals surface area contributed by atoms with Crippen LogP contribution in [0.3, 0.4) is 0 Å². The monoisotopic (exact) mass is 224 g/mol. The summed E-state index contributed by atoms with van der Waals surface area (Å²) in [6.07, 6.45) is 0.575. The average molecular weight is 225 g/mol. The minimum absolute atomic E-state index is 0.152. The summed E-state index contributed by atoms with van der Waals surface area (Å²) in [5.74, 6) is 0.620. The van der Waals surface area contributed by atoms with Crippen LogP contribution in [0, 0.1) is 0 Å². The second-order valence-corrected chi connectivity index (χ2v) is 3.79. The van der Waals surface area contributed by atoms with E-state index in [-0.39, 0.29) is 5.91 Å². The lowest BCUT2D eigenvalue weighted by Gasteiger charge is -2.29. The van der Waals surface area contributed by atoms with E-state index in [2.05, 4.69) is 0 Å². The SMILES string of the molecule is O=C1CCN(c2ccccc2)N1CCCl. The smallest absolute Gasteiger partial charge is 0.242 e. The zero-order valence-corrected chi connectivity index (χ0v) is 9.15. The van der Waals surface area contributed by atoms with Gasteiger partial charge in [-0.1, -0.05) is 18.2 Å². The van der Waals surface area contributed by atoms with E-state index in [1.165, 1.54) is 0 Å². The predicted molar refractivity (Wildman–Crippen MR) is 60.8 cm³/mol. The molecule has 0 aromatic heterocycles. The number of para-hydroxylation sites is 1. The highest BCUT2D eigenvalue weighted by molar-refractivity contribution is 6.18. The Kier molecular flexibility index (Phi) is 3.11. The molecule has 0 bridgehead atoms. The molecule has 1 fully saturated rings. The van der Waals surface area contributed by atoms with Crippen LogP contribution in [0.15, 0.2) is 30.3 Å². The summed E-state index contributed by atoms with van der Waals surface area (Å²) >= 11 is 5.68. The first-order chi connectivity index (χ1) is 7.33. The fraction of sp³-hybridized carbons (Fsp3) is 0.364. The van der Waals surface area contributed by atoms with Crippen molar-refractivity contribution in [2.75, 3.05) is 24.0 Å². The number of hydrogen-bond acceptors (Lipinski definition) is 2. The van der Waals surface area contributed by atoms with E-state index in [1.807, 2.05) is 35.3 Å². The van der Waals surface area contributed by atoms with Gasteiger partial charge in [0.25, 0.3) is 0 Å². The molecular weight excluding hydrogens is 212 g/mol. The molecule has 15 heavy (non-hydrogen) atoms. The normalized spacial score (nSPS) is 16.2. The van der Waals surface area contributed by atoms with Gasteiger partial charge in [-0.15, -0.1) is 11.6 Å². The van der Waals surface area contributed by atoms with Crippen LogP contribution in [0.5, 0.6) is 0 Å². The Hall–Kier alpha value is -1.22. The molecule has 0 N–H and O–H groups in total. The quantitative estimate of drug-likeness (QED) is 0.732. The summed E-state index contributed by atoms with van der Waals surface area (Å²) in [6, 6.07) is 9.90. The van der Waals surface area contributed by atoms with Gasteiger partial charge in [0.15, 0.2) is 0 Å². The summed E-state index contributed by atoms with van der Waals surface area (Å²) in [6.45, 7) is 1.33. The van der Waals surface area contributed by atoms with Crippen LogP contribution in [0.2, 0.25) is 0 Å². The lowest BCUT2D eigenvalue weighted by Crippen LogP contribution is -2.40. The fourth-order valence-corrected chi connectivity index (χ4v) is 1.94. The molecule has 1 amide bonds. The van der Waals surface area contributed by atoms with Crippen molar-refractivity contribution in [3.05, 3.63) is 30.3 Å². The first-order valence-corrected chi connectivity index (χ1v) is 5.55. The van der Waals surface area contributed by atoms with E-state index in [4.69, 9.17) is 11.6 Å². The number of alkyl halides is 1. The third-order valence-electron chi connectivity index (χ3n) is 2.47. The summed E-state index contributed by atoms with van der Waals surface area (Å²) in [7, 11) is 0. The second-order valence-electron chi connectivity index (χ2n) is 3.41. The maximum atomic E-state index is 11.6. The molecule has 0 atom stereocenters. The number of benzene rings is 1. The first-order valence-electron chi connectivity index (χ1n) is 5.02. The van der Waals surface area contributed by atoms with Crippen LogP contribution >= 0.6 is 11.6 Å². The second kappa shape index (κ2) is 4.53. The highest BCUT2D eigenvalue weighted by atomic mass is 35.5. The number of amides is 1. The van der Waals surface area contributed by atoms with Crippen LogP contribution in [-0.2, 0) is 4.79 Å². The molecule has 0 saturated carbocycles. The summed E-state index contributed by atoms with van der Waals surface area (Å²) in [4.78, 5) is 11.6. The van der Waals surface area contributed by atoms with Crippen molar-refractivity contribution in [2.45, 2.75) is 6.42 Å². The van der Waals surface area contributed by atoms with Crippen molar-refractivity contribution < 1.29 is 4.79 Å². The highest BCUT2D eigenvalue weighted by Gasteiger charge is 2.28. The first kappa shape index (κ1) is 10.3. The molecule has 1 aromatic rings. The zero-order chi connectivity index (χ0) is 10.7. The molecule has 80 valence electrons. The van der Waals surface area contributed by atoms with Gasteiger partial charge in [-0.3, -0.25) is 14.8 Å². The van der Waals surface area contributed by atoms with Crippen LogP contribution in [-0.4, -0.2) is 29.9 Å². The predicted octanol–water partition coefficient (Wildman–Crippen LogP) is 1.88. The van der Waals surface area contributed by atoms with Gasteiger partial charge >= 0.3 is 0 Å². The molecule has 3 nitrogen and oxygen atoms in total. The minimum Gasteiger partial charge on any atom is -0.282 e. The molecule has 4 heteroatoms. The van der Waals surface area contributed by atoms with E-state index >= 15 is 0 Å². The molecule has 1 heterocycles. The number of halogens is 1. The van der Waals surface area contributed by atoms with Crippen molar-refractivity contribution in [1.82, 2.24) is 5.01 Å². The van der Waals surface area contributed by atoms with Crippen molar-refractivity contribution in [3.8, 4) is 0 Å². The number of hydrazine groups is 1. The molecule has 1 aromatic carbocycles. The zero-order valence-electron chi connectivity index (χ0n) is 8.40. The van der Waals surface area contributed by atoms with Crippen LogP contribution in [0.1, 0.15) is 6.42 Å². The van der Waals surface area contributed by atoms with Crippen molar-refractivity contribution >= 4 is 23.2 Å². The molecule has 0 spiro atoms. The highest BCUT2D eigenvalue weighted by Crippen LogP contribution is 2.21. The standard InChI is InChI=1S/C11H13ClN2O/c12-7-9-14-11(15)6-8-13(14)10-4-2-1-3-5-10/h1-5H,6-9H2. The topological polar surface area (TPSA) is 23.6 Å². The Balaban J connectivity index is 2.18. The number of hydrogen-bond donors (Lipinski definition) is 0. The van der Waals surface area contributed by atoms with Gasteiger partial charge in [0, 0.05) is 18.8 Å². The lowest BCUT2D eigenvalue weighted by atomic mass is 10.3. The van der Waals surface area contributed by atoms with Crippen LogP contribution < -0.4 is 5.01 Å². The van der Waals surface area contributed by atoms with Gasteiger partial charge in [-0.25, -0.2) is 0 Å². The van der Waals surface area contributed by atoms with E-state index in [1.54, 1.807) is 5.01 Å². The largest absolute Gasteiger partial charge is 0.282 e. The minimum atomic E-state index is 0.152. The van der Waals surface area contributed by atoms with Gasteiger partial charge in [0.05, 0.1) is 12.2 Å². The lowest BCUT2D eigenvalue weighted by molar-refractivity contribution is -0.127. The molecule has 2 rings (SSSR count).